The molecule has 28 heavy (non-hydrogen) atoms. The van der Waals surface area contributed by atoms with E-state index in [0.717, 1.165) is 53.6 Å². The second-order valence-electron chi connectivity index (χ2n) is 6.75. The highest BCUT2D eigenvalue weighted by Gasteiger charge is 2.26. The Morgan fingerprint density at radius 3 is 2.71 bits per heavy atom. The Morgan fingerprint density at radius 2 is 2.00 bits per heavy atom. The fourth-order valence-corrected chi connectivity index (χ4v) is 4.23. The number of rotatable bonds is 7. The van der Waals surface area contributed by atoms with Crippen molar-refractivity contribution < 1.29 is 9.59 Å². The maximum atomic E-state index is 12.5. The van der Waals surface area contributed by atoms with Crippen molar-refractivity contribution in [2.45, 2.75) is 32.3 Å². The number of hydrogen-bond acceptors (Lipinski definition) is 5. The first-order valence-electron chi connectivity index (χ1n) is 9.60. The second-order valence-corrected chi connectivity index (χ2v) is 7.74. The van der Waals surface area contributed by atoms with E-state index in [9.17, 15) is 9.59 Å². The van der Waals surface area contributed by atoms with Gasteiger partial charge in [-0.1, -0.05) is 26.0 Å². The van der Waals surface area contributed by atoms with Crippen LogP contribution in [-0.2, 0) is 21.1 Å². The number of carbonyl (C=O) groups is 2. The van der Waals surface area contributed by atoms with Gasteiger partial charge in [0.1, 0.15) is 5.82 Å². The quantitative estimate of drug-likeness (QED) is 0.696. The molecule has 0 radical (unpaired) electrons. The van der Waals surface area contributed by atoms with Crippen LogP contribution in [-0.4, -0.2) is 52.7 Å². The number of benzene rings is 1. The van der Waals surface area contributed by atoms with Crippen molar-refractivity contribution in [1.29, 1.82) is 0 Å². The van der Waals surface area contributed by atoms with Gasteiger partial charge < -0.3 is 15.5 Å². The standard InChI is InChI=1S/C20H27N5O2S/c1-4-24(5-2)10-9-21-19(26)20(27)22-18-16-12-28-13-17(16)23-25(18)15-8-6-7-14(3)11-15/h6-8,11H,4-5,9-10,12-13H2,1-3H3,(H,21,26)(H,22,27). The molecule has 0 aliphatic carbocycles. The molecule has 8 heteroatoms. The van der Waals surface area contributed by atoms with Gasteiger partial charge in [-0.05, 0) is 37.7 Å². The average molecular weight is 402 g/mol. The summed E-state index contributed by atoms with van der Waals surface area (Å²) >= 11 is 1.76. The number of likely N-dealkylation sites (N-methyl/N-ethyl adjacent to an activating group) is 1. The van der Waals surface area contributed by atoms with Gasteiger partial charge in [0.05, 0.1) is 11.4 Å². The number of hydrogen-bond donors (Lipinski definition) is 2. The summed E-state index contributed by atoms with van der Waals surface area (Å²) in [5, 5.41) is 10.2. The van der Waals surface area contributed by atoms with Crippen molar-refractivity contribution in [2.75, 3.05) is 31.5 Å². The van der Waals surface area contributed by atoms with Gasteiger partial charge in [-0.15, -0.1) is 0 Å². The lowest BCUT2D eigenvalue weighted by molar-refractivity contribution is -0.136. The predicted molar refractivity (Wildman–Crippen MR) is 113 cm³/mol. The van der Waals surface area contributed by atoms with E-state index < -0.39 is 11.8 Å². The number of nitrogens with one attached hydrogen (secondary N) is 2. The van der Waals surface area contributed by atoms with Gasteiger partial charge in [0.25, 0.3) is 0 Å². The number of nitrogens with zero attached hydrogens (tertiary/aromatic N) is 3. The van der Waals surface area contributed by atoms with Crippen LogP contribution in [0.15, 0.2) is 24.3 Å². The lowest BCUT2D eigenvalue weighted by Crippen LogP contribution is -2.40. The predicted octanol–water partition coefficient (Wildman–Crippen LogP) is 2.32. The van der Waals surface area contributed by atoms with E-state index in [2.05, 4.69) is 34.5 Å². The van der Waals surface area contributed by atoms with Crippen molar-refractivity contribution >= 4 is 29.4 Å². The molecule has 0 saturated carbocycles. The molecule has 1 aromatic carbocycles. The first-order valence-corrected chi connectivity index (χ1v) is 10.8. The lowest BCUT2D eigenvalue weighted by Gasteiger charge is -2.17. The fourth-order valence-electron chi connectivity index (χ4n) is 3.20. The molecule has 0 fully saturated rings. The van der Waals surface area contributed by atoms with Crippen LogP contribution in [0.2, 0.25) is 0 Å². The molecule has 2 amide bonds. The van der Waals surface area contributed by atoms with Crippen molar-refractivity contribution in [3.8, 4) is 5.69 Å². The van der Waals surface area contributed by atoms with Gasteiger partial charge in [0, 0.05) is 30.2 Å². The van der Waals surface area contributed by atoms with Crippen molar-refractivity contribution in [2.24, 2.45) is 0 Å². The molecule has 2 N–H and O–H groups in total. The monoisotopic (exact) mass is 401 g/mol. The number of aromatic nitrogens is 2. The van der Waals surface area contributed by atoms with E-state index in [1.165, 1.54) is 0 Å². The van der Waals surface area contributed by atoms with E-state index in [4.69, 9.17) is 0 Å². The molecule has 1 aliphatic rings. The van der Waals surface area contributed by atoms with Crippen LogP contribution in [0.3, 0.4) is 0 Å². The summed E-state index contributed by atoms with van der Waals surface area (Å²) < 4.78 is 1.73. The smallest absolute Gasteiger partial charge is 0.314 e. The van der Waals surface area contributed by atoms with Crippen LogP contribution in [0.1, 0.15) is 30.7 Å². The molecular formula is C20H27N5O2S. The van der Waals surface area contributed by atoms with Crippen LogP contribution < -0.4 is 10.6 Å². The third-order valence-corrected chi connectivity index (χ3v) is 5.81. The Kier molecular flexibility index (Phi) is 6.74. The highest BCUT2D eigenvalue weighted by Crippen LogP contribution is 2.36. The van der Waals surface area contributed by atoms with Crippen LogP contribution in [0.25, 0.3) is 5.69 Å². The average Bonchev–Trinajstić information content (AvgIpc) is 3.27. The summed E-state index contributed by atoms with van der Waals surface area (Å²) in [5.41, 5.74) is 3.94. The first kappa shape index (κ1) is 20.4. The zero-order valence-electron chi connectivity index (χ0n) is 16.6. The zero-order valence-corrected chi connectivity index (χ0v) is 17.4. The Balaban J connectivity index is 1.73. The molecule has 1 aliphatic heterocycles. The van der Waals surface area contributed by atoms with Gasteiger partial charge in [0.15, 0.2) is 0 Å². The summed E-state index contributed by atoms with van der Waals surface area (Å²) in [5.74, 6) is 0.902. The van der Waals surface area contributed by atoms with Crippen LogP contribution in [0.5, 0.6) is 0 Å². The number of thioether (sulfide) groups is 1. The molecule has 1 aromatic heterocycles. The Hall–Kier alpha value is -2.32. The summed E-state index contributed by atoms with van der Waals surface area (Å²) in [6.07, 6.45) is 0. The first-order chi connectivity index (χ1) is 13.5. The largest absolute Gasteiger partial charge is 0.347 e. The highest BCUT2D eigenvalue weighted by molar-refractivity contribution is 7.98. The highest BCUT2D eigenvalue weighted by atomic mass is 32.2. The lowest BCUT2D eigenvalue weighted by atomic mass is 10.2. The van der Waals surface area contributed by atoms with Gasteiger partial charge >= 0.3 is 11.8 Å². The normalized spacial score (nSPS) is 12.9. The second kappa shape index (κ2) is 9.25. The Morgan fingerprint density at radius 1 is 1.21 bits per heavy atom. The fraction of sp³-hybridized carbons (Fsp3) is 0.450. The maximum Gasteiger partial charge on any atom is 0.314 e. The van der Waals surface area contributed by atoms with E-state index in [1.807, 2.05) is 31.2 Å². The molecular weight excluding hydrogens is 374 g/mol. The molecule has 0 spiro atoms. The van der Waals surface area contributed by atoms with E-state index in [1.54, 1.807) is 16.4 Å². The summed E-state index contributed by atoms with van der Waals surface area (Å²) in [7, 11) is 0. The van der Waals surface area contributed by atoms with Crippen LogP contribution in [0.4, 0.5) is 5.82 Å². The minimum absolute atomic E-state index is 0.443. The molecule has 2 aromatic rings. The van der Waals surface area contributed by atoms with Crippen molar-refractivity contribution in [1.82, 2.24) is 20.0 Å². The summed E-state index contributed by atoms with van der Waals surface area (Å²) in [6, 6.07) is 7.92. The zero-order chi connectivity index (χ0) is 20.1. The molecule has 0 unspecified atom stereocenters. The molecule has 7 nitrogen and oxygen atoms in total. The van der Waals surface area contributed by atoms with Gasteiger partial charge in [-0.25, -0.2) is 4.68 Å². The van der Waals surface area contributed by atoms with Gasteiger partial charge in [-0.3, -0.25) is 9.59 Å². The van der Waals surface area contributed by atoms with Crippen molar-refractivity contribution in [3.05, 3.63) is 41.1 Å². The molecule has 0 saturated heterocycles. The Labute approximate surface area is 169 Å². The topological polar surface area (TPSA) is 79.3 Å². The van der Waals surface area contributed by atoms with Crippen molar-refractivity contribution in [3.63, 3.8) is 0 Å². The molecule has 0 bridgehead atoms. The molecule has 2 heterocycles. The molecule has 3 rings (SSSR count). The molecule has 150 valence electrons. The van der Waals surface area contributed by atoms with Gasteiger partial charge in [0.2, 0.25) is 0 Å². The maximum absolute atomic E-state index is 12.5. The summed E-state index contributed by atoms with van der Waals surface area (Å²) in [6.45, 7) is 9.15. The number of carbonyl (C=O) groups excluding carboxylic acids is 2. The number of aryl methyl sites for hydroxylation is 1. The summed E-state index contributed by atoms with van der Waals surface area (Å²) in [4.78, 5) is 26.9. The van der Waals surface area contributed by atoms with E-state index in [-0.39, 0.29) is 0 Å². The van der Waals surface area contributed by atoms with Crippen LogP contribution >= 0.6 is 11.8 Å². The number of fused-ring (bicyclic) bond motifs is 1. The SMILES string of the molecule is CCN(CC)CCNC(=O)C(=O)Nc1c2c(nn1-c1cccc(C)c1)CSC2. The number of amides is 2. The minimum Gasteiger partial charge on any atom is -0.347 e. The number of anilines is 1. The Bertz CT molecular complexity index is 860. The third-order valence-electron chi connectivity index (χ3n) is 4.84. The minimum atomic E-state index is -0.659. The third kappa shape index (κ3) is 4.56. The van der Waals surface area contributed by atoms with Crippen LogP contribution in [0, 0.1) is 6.92 Å². The van der Waals surface area contributed by atoms with E-state index in [0.29, 0.717) is 12.4 Å². The van der Waals surface area contributed by atoms with E-state index >= 15 is 0 Å². The molecule has 0 atom stereocenters. The van der Waals surface area contributed by atoms with Gasteiger partial charge in [-0.2, -0.15) is 16.9 Å².